The number of Topliss-reactive ketones (excluding diaryl/α,β-unsaturated/α-hetero) is 1. The van der Waals surface area contributed by atoms with Crippen molar-refractivity contribution in [1.82, 2.24) is 4.98 Å². The van der Waals surface area contributed by atoms with Crippen LogP contribution in [0, 0.1) is 6.92 Å². The Balaban J connectivity index is 2.99. The molecule has 0 unspecified atom stereocenters. The van der Waals surface area contributed by atoms with Gasteiger partial charge in [0.15, 0.2) is 5.78 Å². The summed E-state index contributed by atoms with van der Waals surface area (Å²) in [4.78, 5) is 15.0. The number of ether oxygens (including phenoxy) is 1. The molecule has 0 spiro atoms. The molecule has 1 heterocycles. The second kappa shape index (κ2) is 5.16. The van der Waals surface area contributed by atoms with Gasteiger partial charge in [0.05, 0.1) is 5.33 Å². The maximum atomic E-state index is 11.9. The van der Waals surface area contributed by atoms with Crippen LogP contribution in [0.4, 0.5) is 8.78 Å². The second-order valence-corrected chi connectivity index (χ2v) is 3.33. The first kappa shape index (κ1) is 12.0. The summed E-state index contributed by atoms with van der Waals surface area (Å²) >= 11 is 2.99. The Hall–Kier alpha value is -1.04. The highest BCUT2D eigenvalue weighted by Crippen LogP contribution is 2.15. The van der Waals surface area contributed by atoms with Crippen LogP contribution in [0.1, 0.15) is 16.1 Å². The Bertz CT molecular complexity index is 371. The van der Waals surface area contributed by atoms with Crippen LogP contribution < -0.4 is 4.74 Å². The van der Waals surface area contributed by atoms with E-state index in [-0.39, 0.29) is 17.0 Å². The summed E-state index contributed by atoms with van der Waals surface area (Å²) in [6.45, 7) is -1.34. The molecule has 0 saturated carbocycles. The number of aromatic nitrogens is 1. The van der Waals surface area contributed by atoms with Crippen molar-refractivity contribution in [3.63, 3.8) is 0 Å². The van der Waals surface area contributed by atoms with Crippen LogP contribution in [-0.2, 0) is 0 Å². The molecule has 0 bridgehead atoms. The van der Waals surface area contributed by atoms with Gasteiger partial charge in [-0.15, -0.1) is 0 Å². The lowest BCUT2D eigenvalue weighted by atomic mass is 10.2. The Morgan fingerprint density at radius 3 is 2.80 bits per heavy atom. The number of nitrogens with zero attached hydrogens (tertiary/aromatic N) is 1. The number of pyridine rings is 1. The van der Waals surface area contributed by atoms with E-state index >= 15 is 0 Å². The molecule has 0 N–H and O–H groups in total. The van der Waals surface area contributed by atoms with E-state index in [0.29, 0.717) is 11.3 Å². The van der Waals surface area contributed by atoms with Crippen molar-refractivity contribution in [1.29, 1.82) is 0 Å². The van der Waals surface area contributed by atoms with Gasteiger partial charge in [-0.2, -0.15) is 8.78 Å². The summed E-state index contributed by atoms with van der Waals surface area (Å²) in [6.07, 6.45) is 0. The third-order valence-electron chi connectivity index (χ3n) is 1.58. The molecule has 0 aliphatic carbocycles. The summed E-state index contributed by atoms with van der Waals surface area (Å²) in [6, 6.07) is 2.71. The van der Waals surface area contributed by atoms with Crippen molar-refractivity contribution in [2.45, 2.75) is 13.5 Å². The van der Waals surface area contributed by atoms with E-state index in [1.165, 1.54) is 12.1 Å². The molecule has 6 heteroatoms. The van der Waals surface area contributed by atoms with Crippen molar-refractivity contribution in [2.24, 2.45) is 0 Å². The molecule has 0 saturated heterocycles. The topological polar surface area (TPSA) is 39.2 Å². The largest absolute Gasteiger partial charge is 0.417 e. The van der Waals surface area contributed by atoms with E-state index in [9.17, 15) is 13.6 Å². The van der Waals surface area contributed by atoms with Gasteiger partial charge in [-0.05, 0) is 13.0 Å². The zero-order chi connectivity index (χ0) is 11.4. The summed E-state index contributed by atoms with van der Waals surface area (Å²) in [5, 5.41) is 0.130. The summed E-state index contributed by atoms with van der Waals surface area (Å²) in [5.41, 5.74) is 0.757. The Labute approximate surface area is 93.6 Å². The van der Waals surface area contributed by atoms with Gasteiger partial charge in [0.2, 0.25) is 5.88 Å². The lowest BCUT2D eigenvalue weighted by molar-refractivity contribution is -0.0529. The Kier molecular flexibility index (Phi) is 4.14. The van der Waals surface area contributed by atoms with Gasteiger partial charge in [-0.1, -0.05) is 15.9 Å². The van der Waals surface area contributed by atoms with Crippen LogP contribution in [0.25, 0.3) is 0 Å². The van der Waals surface area contributed by atoms with Crippen molar-refractivity contribution >= 4 is 21.7 Å². The summed E-state index contributed by atoms with van der Waals surface area (Å²) in [7, 11) is 0. The van der Waals surface area contributed by atoms with E-state index in [0.717, 1.165) is 0 Å². The predicted molar refractivity (Wildman–Crippen MR) is 53.7 cm³/mol. The molecule has 0 fully saturated rings. The van der Waals surface area contributed by atoms with Crippen LogP contribution in [0.15, 0.2) is 12.1 Å². The second-order valence-electron chi connectivity index (χ2n) is 2.77. The quantitative estimate of drug-likeness (QED) is 0.628. The highest BCUT2D eigenvalue weighted by atomic mass is 79.9. The molecule has 0 radical (unpaired) electrons. The molecule has 15 heavy (non-hydrogen) atoms. The minimum absolute atomic E-state index is 0.130. The number of rotatable bonds is 4. The van der Waals surface area contributed by atoms with Gasteiger partial charge < -0.3 is 4.74 Å². The number of hydrogen-bond acceptors (Lipinski definition) is 3. The van der Waals surface area contributed by atoms with Gasteiger partial charge >= 0.3 is 6.61 Å². The molecular weight excluding hydrogens is 272 g/mol. The molecular formula is C9H8BrF2NO2. The molecule has 0 amide bonds. The normalized spacial score (nSPS) is 10.5. The standard InChI is InChI=1S/C9H8BrF2NO2/c1-5-2-6(7(14)4-10)3-8(13-5)15-9(11)12/h2-3,9H,4H2,1H3. The van der Waals surface area contributed by atoms with Crippen molar-refractivity contribution < 1.29 is 18.3 Å². The maximum Gasteiger partial charge on any atom is 0.388 e. The Morgan fingerprint density at radius 1 is 1.60 bits per heavy atom. The molecule has 0 aliphatic rings. The highest BCUT2D eigenvalue weighted by Gasteiger charge is 2.11. The lowest BCUT2D eigenvalue weighted by Gasteiger charge is -2.06. The number of carbonyl (C=O) groups excluding carboxylic acids is 1. The fourth-order valence-corrected chi connectivity index (χ4v) is 1.35. The van der Waals surface area contributed by atoms with Gasteiger partial charge in [-0.3, -0.25) is 4.79 Å². The van der Waals surface area contributed by atoms with Crippen LogP contribution in [-0.4, -0.2) is 22.7 Å². The molecule has 1 rings (SSSR count). The SMILES string of the molecule is Cc1cc(C(=O)CBr)cc(OC(F)F)n1. The van der Waals surface area contributed by atoms with Crippen LogP contribution in [0.5, 0.6) is 5.88 Å². The number of halogens is 3. The summed E-state index contributed by atoms with van der Waals surface area (Å²) < 4.78 is 27.9. The number of ketones is 1. The van der Waals surface area contributed by atoms with Crippen molar-refractivity contribution in [3.05, 3.63) is 23.4 Å². The minimum Gasteiger partial charge on any atom is -0.417 e. The van der Waals surface area contributed by atoms with E-state index in [1.807, 2.05) is 0 Å². The first-order valence-corrected chi connectivity index (χ1v) is 5.17. The summed E-state index contributed by atoms with van der Waals surface area (Å²) in [5.74, 6) is -0.450. The molecule has 0 atom stereocenters. The predicted octanol–water partition coefficient (Wildman–Crippen LogP) is 2.57. The zero-order valence-electron chi connectivity index (χ0n) is 7.84. The number of alkyl halides is 3. The van der Waals surface area contributed by atoms with Gasteiger partial charge in [0.25, 0.3) is 0 Å². The maximum absolute atomic E-state index is 11.9. The lowest BCUT2D eigenvalue weighted by Crippen LogP contribution is -2.07. The molecule has 1 aromatic rings. The first-order chi connectivity index (χ1) is 7.02. The average molecular weight is 280 g/mol. The van der Waals surface area contributed by atoms with E-state index in [1.54, 1.807) is 6.92 Å². The smallest absolute Gasteiger partial charge is 0.388 e. The van der Waals surface area contributed by atoms with E-state index in [4.69, 9.17) is 0 Å². The van der Waals surface area contributed by atoms with Gasteiger partial charge in [0, 0.05) is 17.3 Å². The van der Waals surface area contributed by atoms with Crippen molar-refractivity contribution in [2.75, 3.05) is 5.33 Å². The third kappa shape index (κ3) is 3.54. The molecule has 1 aromatic heterocycles. The Morgan fingerprint density at radius 2 is 2.27 bits per heavy atom. The zero-order valence-corrected chi connectivity index (χ0v) is 9.42. The highest BCUT2D eigenvalue weighted by molar-refractivity contribution is 9.09. The van der Waals surface area contributed by atoms with Crippen molar-refractivity contribution in [3.8, 4) is 5.88 Å². The monoisotopic (exact) mass is 279 g/mol. The first-order valence-electron chi connectivity index (χ1n) is 4.05. The number of carbonyl (C=O) groups is 1. The number of aryl methyl sites for hydroxylation is 1. The minimum atomic E-state index is -2.94. The average Bonchev–Trinajstić information content (AvgIpc) is 2.14. The van der Waals surface area contributed by atoms with E-state index in [2.05, 4.69) is 25.7 Å². The van der Waals surface area contributed by atoms with Gasteiger partial charge in [-0.25, -0.2) is 4.98 Å². The third-order valence-corrected chi connectivity index (χ3v) is 2.09. The molecule has 3 nitrogen and oxygen atoms in total. The van der Waals surface area contributed by atoms with E-state index < -0.39 is 6.61 Å². The fourth-order valence-electron chi connectivity index (χ4n) is 1.03. The van der Waals surface area contributed by atoms with Crippen LogP contribution in [0.2, 0.25) is 0 Å². The number of hydrogen-bond donors (Lipinski definition) is 0. The molecule has 82 valence electrons. The van der Waals surface area contributed by atoms with Gasteiger partial charge in [0.1, 0.15) is 0 Å². The van der Waals surface area contributed by atoms with Crippen LogP contribution in [0.3, 0.4) is 0 Å². The molecule has 0 aromatic carbocycles. The fraction of sp³-hybridized carbons (Fsp3) is 0.333. The molecule has 0 aliphatic heterocycles. The van der Waals surface area contributed by atoms with Crippen LogP contribution >= 0.6 is 15.9 Å².